The Morgan fingerprint density at radius 3 is 2.70 bits per heavy atom. The van der Waals surface area contributed by atoms with Gasteiger partial charge in [-0.05, 0) is 19.3 Å². The minimum Gasteiger partial charge on any atom is -0.385 e. The van der Waals surface area contributed by atoms with Crippen LogP contribution in [0.2, 0.25) is 0 Å². The van der Waals surface area contributed by atoms with Gasteiger partial charge in [-0.1, -0.05) is 20.8 Å². The summed E-state index contributed by atoms with van der Waals surface area (Å²) in [5.41, 5.74) is 1.22. The molecule has 1 aliphatic rings. The molecule has 1 aromatic heterocycles. The highest BCUT2D eigenvalue weighted by atomic mass is 16.2. The summed E-state index contributed by atoms with van der Waals surface area (Å²) in [6.45, 7) is 6.97. The molecule has 20 heavy (non-hydrogen) atoms. The molecule has 0 radical (unpaired) electrons. The van der Waals surface area contributed by atoms with Crippen LogP contribution in [0.4, 0.5) is 5.69 Å². The maximum absolute atomic E-state index is 12.8. The van der Waals surface area contributed by atoms with Crippen molar-refractivity contribution in [1.29, 1.82) is 0 Å². The summed E-state index contributed by atoms with van der Waals surface area (Å²) in [6, 6.07) is 0.407. The van der Waals surface area contributed by atoms with Gasteiger partial charge in [-0.3, -0.25) is 4.79 Å². The van der Waals surface area contributed by atoms with E-state index in [1.54, 1.807) is 13.2 Å². The van der Waals surface area contributed by atoms with Gasteiger partial charge in [0.05, 0.1) is 11.9 Å². The lowest BCUT2D eigenvalue weighted by molar-refractivity contribution is 0.0737. The third kappa shape index (κ3) is 3.08. The maximum Gasteiger partial charge on any atom is 0.274 e. The highest BCUT2D eigenvalue weighted by molar-refractivity contribution is 5.97. The van der Waals surface area contributed by atoms with Gasteiger partial charge in [0, 0.05) is 25.6 Å². The largest absolute Gasteiger partial charge is 0.385 e. The highest BCUT2D eigenvalue weighted by Gasteiger charge is 2.34. The molecule has 0 spiro atoms. The number of hydrogen-bond donors (Lipinski definition) is 1. The van der Waals surface area contributed by atoms with Gasteiger partial charge in [-0.25, -0.2) is 9.97 Å². The average molecular weight is 276 g/mol. The first-order valence-electron chi connectivity index (χ1n) is 7.44. The van der Waals surface area contributed by atoms with Gasteiger partial charge in [0.25, 0.3) is 5.91 Å². The molecule has 0 aromatic carbocycles. The van der Waals surface area contributed by atoms with Crippen LogP contribution in [0.1, 0.15) is 62.3 Å². The van der Waals surface area contributed by atoms with Crippen molar-refractivity contribution in [2.45, 2.75) is 52.0 Å². The molecular weight excluding hydrogens is 252 g/mol. The van der Waals surface area contributed by atoms with E-state index in [0.717, 1.165) is 31.6 Å². The summed E-state index contributed by atoms with van der Waals surface area (Å²) in [5.74, 6) is 0.968. The second-order valence-corrected chi connectivity index (χ2v) is 5.62. The van der Waals surface area contributed by atoms with Crippen molar-refractivity contribution < 1.29 is 4.79 Å². The van der Waals surface area contributed by atoms with Gasteiger partial charge in [0.2, 0.25) is 0 Å². The lowest BCUT2D eigenvalue weighted by Gasteiger charge is -2.22. The summed E-state index contributed by atoms with van der Waals surface area (Å²) in [6.07, 6.45) is 4.91. The third-order valence-electron chi connectivity index (χ3n) is 3.51. The van der Waals surface area contributed by atoms with Gasteiger partial charge in [0.15, 0.2) is 5.69 Å². The number of anilines is 1. The zero-order chi connectivity index (χ0) is 14.7. The molecule has 0 unspecified atom stereocenters. The first-order valence-corrected chi connectivity index (χ1v) is 7.44. The lowest BCUT2D eigenvalue weighted by Crippen LogP contribution is -2.35. The average Bonchev–Trinajstić information content (AvgIpc) is 3.27. The number of hydrogen-bond acceptors (Lipinski definition) is 4. The van der Waals surface area contributed by atoms with E-state index in [1.807, 2.05) is 18.7 Å². The lowest BCUT2D eigenvalue weighted by atomic mass is 10.2. The van der Waals surface area contributed by atoms with Crippen molar-refractivity contribution in [2.75, 3.05) is 18.9 Å². The molecule has 1 heterocycles. The van der Waals surface area contributed by atoms with E-state index in [1.165, 1.54) is 0 Å². The van der Waals surface area contributed by atoms with Gasteiger partial charge < -0.3 is 10.2 Å². The third-order valence-corrected chi connectivity index (χ3v) is 3.51. The molecule has 0 atom stereocenters. The summed E-state index contributed by atoms with van der Waals surface area (Å²) in [5, 5.41) is 3.03. The molecule has 5 nitrogen and oxygen atoms in total. The number of amides is 1. The van der Waals surface area contributed by atoms with Crippen molar-refractivity contribution in [2.24, 2.45) is 0 Å². The molecule has 1 N–H and O–H groups in total. The molecule has 1 aromatic rings. The van der Waals surface area contributed by atoms with Crippen molar-refractivity contribution in [1.82, 2.24) is 14.9 Å². The molecule has 110 valence electrons. The van der Waals surface area contributed by atoms with Gasteiger partial charge in [0.1, 0.15) is 5.82 Å². The maximum atomic E-state index is 12.8. The Morgan fingerprint density at radius 1 is 1.50 bits per heavy atom. The molecule has 2 rings (SSSR count). The fourth-order valence-corrected chi connectivity index (χ4v) is 2.23. The number of nitrogens with zero attached hydrogens (tertiary/aromatic N) is 3. The van der Waals surface area contributed by atoms with E-state index in [0.29, 0.717) is 17.4 Å². The molecule has 1 saturated carbocycles. The molecule has 5 heteroatoms. The van der Waals surface area contributed by atoms with Crippen LogP contribution in [0.5, 0.6) is 0 Å². The Kier molecular flexibility index (Phi) is 4.57. The van der Waals surface area contributed by atoms with Crippen molar-refractivity contribution >= 4 is 11.6 Å². The van der Waals surface area contributed by atoms with E-state index in [4.69, 9.17) is 0 Å². The van der Waals surface area contributed by atoms with Gasteiger partial charge >= 0.3 is 0 Å². The normalized spacial score (nSPS) is 14.4. The first kappa shape index (κ1) is 14.8. The summed E-state index contributed by atoms with van der Waals surface area (Å²) < 4.78 is 0. The van der Waals surface area contributed by atoms with E-state index in [9.17, 15) is 4.79 Å². The zero-order valence-electron chi connectivity index (χ0n) is 12.8. The molecule has 1 amide bonds. The van der Waals surface area contributed by atoms with Crippen LogP contribution in [-0.2, 0) is 0 Å². The topological polar surface area (TPSA) is 58.1 Å². The summed E-state index contributed by atoms with van der Waals surface area (Å²) in [7, 11) is 1.80. The van der Waals surface area contributed by atoms with Gasteiger partial charge in [-0.15, -0.1) is 0 Å². The van der Waals surface area contributed by atoms with E-state index >= 15 is 0 Å². The molecule has 0 saturated heterocycles. The predicted molar refractivity (Wildman–Crippen MR) is 80.0 cm³/mol. The van der Waals surface area contributed by atoms with Crippen molar-refractivity contribution in [3.63, 3.8) is 0 Å². The van der Waals surface area contributed by atoms with Crippen LogP contribution < -0.4 is 5.32 Å². The van der Waals surface area contributed by atoms with E-state index in [2.05, 4.69) is 22.2 Å². The van der Waals surface area contributed by atoms with Crippen LogP contribution in [-0.4, -0.2) is 40.4 Å². The Balaban J connectivity index is 2.32. The Morgan fingerprint density at radius 2 is 2.20 bits per heavy atom. The standard InChI is InChI=1S/C15H24N4O/c1-5-8-19(11-6-7-11)15(20)13-12(16-4)9-17-14(18-13)10(2)3/h9-11,16H,5-8H2,1-4H3. The van der Waals surface area contributed by atoms with Crippen molar-refractivity contribution in [3.05, 3.63) is 17.7 Å². The number of carbonyl (C=O) groups is 1. The Bertz CT molecular complexity index is 483. The minimum atomic E-state index is 0.0306. The smallest absolute Gasteiger partial charge is 0.274 e. The minimum absolute atomic E-state index is 0.0306. The Hall–Kier alpha value is -1.65. The molecular formula is C15H24N4O. The van der Waals surface area contributed by atoms with Crippen LogP contribution in [0.25, 0.3) is 0 Å². The van der Waals surface area contributed by atoms with Crippen LogP contribution in [0.15, 0.2) is 6.20 Å². The quantitative estimate of drug-likeness (QED) is 0.868. The molecule has 0 aliphatic heterocycles. The van der Waals surface area contributed by atoms with Gasteiger partial charge in [-0.2, -0.15) is 0 Å². The fraction of sp³-hybridized carbons (Fsp3) is 0.667. The van der Waals surface area contributed by atoms with Crippen LogP contribution >= 0.6 is 0 Å². The van der Waals surface area contributed by atoms with Crippen molar-refractivity contribution in [3.8, 4) is 0 Å². The monoisotopic (exact) mass is 276 g/mol. The number of carbonyl (C=O) groups excluding carboxylic acids is 1. The highest BCUT2D eigenvalue weighted by Crippen LogP contribution is 2.29. The summed E-state index contributed by atoms with van der Waals surface area (Å²) >= 11 is 0. The van der Waals surface area contributed by atoms with E-state index < -0.39 is 0 Å². The number of aromatic nitrogens is 2. The number of nitrogens with one attached hydrogen (secondary N) is 1. The summed E-state index contributed by atoms with van der Waals surface area (Å²) in [4.78, 5) is 23.5. The molecule has 1 fully saturated rings. The molecule has 0 bridgehead atoms. The second kappa shape index (κ2) is 6.20. The first-order chi connectivity index (χ1) is 9.58. The zero-order valence-corrected chi connectivity index (χ0v) is 12.8. The van der Waals surface area contributed by atoms with E-state index in [-0.39, 0.29) is 11.8 Å². The predicted octanol–water partition coefficient (Wildman–Crippen LogP) is 2.66. The second-order valence-electron chi connectivity index (χ2n) is 5.62. The molecule has 1 aliphatic carbocycles. The van der Waals surface area contributed by atoms with Crippen LogP contribution in [0.3, 0.4) is 0 Å². The fourth-order valence-electron chi connectivity index (χ4n) is 2.23. The van der Waals surface area contributed by atoms with Crippen LogP contribution in [0, 0.1) is 0 Å². The Labute approximate surface area is 120 Å². The number of rotatable bonds is 6. The SMILES string of the molecule is CCCN(C(=O)c1nc(C(C)C)ncc1NC)C1CC1.